The van der Waals surface area contributed by atoms with Crippen molar-refractivity contribution in [3.8, 4) is 6.07 Å². The maximum Gasteiger partial charge on any atom is 0.153 e. The molecule has 0 radical (unpaired) electrons. The van der Waals surface area contributed by atoms with Crippen LogP contribution in [0, 0.1) is 16.7 Å². The molecule has 1 aliphatic rings. The highest BCUT2D eigenvalue weighted by Crippen LogP contribution is 2.35. The molecule has 78 valence electrons. The van der Waals surface area contributed by atoms with Crippen LogP contribution in [0.2, 0.25) is 0 Å². The Morgan fingerprint density at radius 3 is 2.79 bits per heavy atom. The van der Waals surface area contributed by atoms with E-state index in [9.17, 15) is 9.00 Å². The van der Waals surface area contributed by atoms with Gasteiger partial charge in [-0.25, -0.2) is 0 Å². The number of hydrogen-bond acceptors (Lipinski definition) is 3. The Morgan fingerprint density at radius 1 is 1.57 bits per heavy atom. The van der Waals surface area contributed by atoms with Crippen LogP contribution in [0.1, 0.15) is 32.1 Å². The normalized spacial score (nSPS) is 29.6. The molecule has 14 heavy (non-hydrogen) atoms. The second-order valence-corrected chi connectivity index (χ2v) is 5.41. The Bertz CT molecular complexity index is 295. The summed E-state index contributed by atoms with van der Waals surface area (Å²) < 4.78 is 10.9. The number of carbonyl (C=O) groups excluding carboxylic acids is 1. The lowest BCUT2D eigenvalue weighted by molar-refractivity contribution is -0.128. The molecule has 4 heteroatoms. The Balaban J connectivity index is 2.69. The van der Waals surface area contributed by atoms with E-state index >= 15 is 0 Å². The average Bonchev–Trinajstić information content (AvgIpc) is 2.17. The van der Waals surface area contributed by atoms with Crippen molar-refractivity contribution >= 4 is 16.6 Å². The number of hydrogen-bond donors (Lipinski definition) is 0. The summed E-state index contributed by atoms with van der Waals surface area (Å²) in [6.07, 6.45) is 5.08. The summed E-state index contributed by atoms with van der Waals surface area (Å²) in [5.74, 6) is 0.510. The van der Waals surface area contributed by atoms with Crippen molar-refractivity contribution in [1.82, 2.24) is 0 Å². The third-order valence-corrected chi connectivity index (χ3v) is 3.60. The Hall–Kier alpha value is -0.690. The van der Waals surface area contributed by atoms with Crippen molar-refractivity contribution < 1.29 is 9.00 Å². The second kappa shape index (κ2) is 4.70. The van der Waals surface area contributed by atoms with Gasteiger partial charge in [-0.2, -0.15) is 5.26 Å². The molecule has 3 nitrogen and oxygen atoms in total. The minimum absolute atomic E-state index is 0.0525. The fourth-order valence-corrected chi connectivity index (χ4v) is 2.48. The third kappa shape index (κ3) is 2.42. The number of ketones is 1. The Kier molecular flexibility index (Phi) is 3.82. The first-order valence-electron chi connectivity index (χ1n) is 4.85. The van der Waals surface area contributed by atoms with Gasteiger partial charge in [0.2, 0.25) is 0 Å². The standard InChI is InChI=1S/C10H15NO2S/c1-14(13)7-6-10(8-11)5-3-2-4-9(10)12/h2-7H2,1H3. The van der Waals surface area contributed by atoms with Crippen LogP contribution in [0.5, 0.6) is 0 Å². The van der Waals surface area contributed by atoms with E-state index in [1.165, 1.54) is 0 Å². The van der Waals surface area contributed by atoms with Gasteiger partial charge in [0.1, 0.15) is 5.41 Å². The van der Waals surface area contributed by atoms with Gasteiger partial charge in [0.15, 0.2) is 5.78 Å². The Morgan fingerprint density at radius 2 is 2.29 bits per heavy atom. The van der Waals surface area contributed by atoms with Crippen LogP contribution in [-0.2, 0) is 15.6 Å². The highest BCUT2D eigenvalue weighted by Gasteiger charge is 2.39. The van der Waals surface area contributed by atoms with E-state index < -0.39 is 16.2 Å². The SMILES string of the molecule is CS(=O)CCC1(C#N)CCCCC1=O. The highest BCUT2D eigenvalue weighted by atomic mass is 32.2. The van der Waals surface area contributed by atoms with Crippen molar-refractivity contribution in [2.45, 2.75) is 32.1 Å². The molecule has 1 rings (SSSR count). The summed E-state index contributed by atoms with van der Waals surface area (Å²) in [7, 11) is -0.913. The van der Waals surface area contributed by atoms with Crippen LogP contribution in [0.4, 0.5) is 0 Å². The molecule has 1 aliphatic carbocycles. The zero-order chi connectivity index (χ0) is 10.6. The number of nitrogens with zero attached hydrogens (tertiary/aromatic N) is 1. The molecule has 0 N–H and O–H groups in total. The van der Waals surface area contributed by atoms with Crippen LogP contribution in [-0.4, -0.2) is 22.0 Å². The van der Waals surface area contributed by atoms with E-state index in [-0.39, 0.29) is 5.78 Å². The number of rotatable bonds is 3. The minimum Gasteiger partial charge on any atom is -0.298 e. The van der Waals surface area contributed by atoms with Crippen molar-refractivity contribution in [3.05, 3.63) is 0 Å². The summed E-state index contributed by atoms with van der Waals surface area (Å²) in [5.41, 5.74) is -0.816. The van der Waals surface area contributed by atoms with Gasteiger partial charge >= 0.3 is 0 Å². The molecule has 0 aromatic carbocycles. The minimum atomic E-state index is -0.913. The molecule has 0 heterocycles. The summed E-state index contributed by atoms with van der Waals surface area (Å²) in [6, 6.07) is 2.14. The van der Waals surface area contributed by atoms with E-state index in [0.717, 1.165) is 12.8 Å². The molecule has 0 bridgehead atoms. The number of nitriles is 1. The summed E-state index contributed by atoms with van der Waals surface area (Å²) >= 11 is 0. The summed E-state index contributed by atoms with van der Waals surface area (Å²) in [5, 5.41) is 9.06. The molecule has 2 atom stereocenters. The zero-order valence-electron chi connectivity index (χ0n) is 8.41. The first-order chi connectivity index (χ1) is 6.60. The van der Waals surface area contributed by atoms with Crippen LogP contribution in [0.25, 0.3) is 0 Å². The van der Waals surface area contributed by atoms with Gasteiger partial charge in [-0.3, -0.25) is 9.00 Å². The molecule has 0 aliphatic heterocycles. The smallest absolute Gasteiger partial charge is 0.153 e. The third-order valence-electron chi connectivity index (χ3n) is 2.82. The molecular formula is C10H15NO2S. The van der Waals surface area contributed by atoms with Gasteiger partial charge in [-0.05, 0) is 19.3 Å². The van der Waals surface area contributed by atoms with Crippen molar-refractivity contribution in [2.24, 2.45) is 5.41 Å². The number of carbonyl (C=O) groups is 1. The first-order valence-corrected chi connectivity index (χ1v) is 6.58. The van der Waals surface area contributed by atoms with Crippen LogP contribution in [0.15, 0.2) is 0 Å². The molecule has 2 unspecified atom stereocenters. The van der Waals surface area contributed by atoms with Gasteiger partial charge in [-0.1, -0.05) is 6.42 Å². The van der Waals surface area contributed by atoms with E-state index in [2.05, 4.69) is 6.07 Å². The van der Waals surface area contributed by atoms with Gasteiger partial charge < -0.3 is 0 Å². The fraction of sp³-hybridized carbons (Fsp3) is 0.800. The highest BCUT2D eigenvalue weighted by molar-refractivity contribution is 7.84. The van der Waals surface area contributed by atoms with Crippen LogP contribution in [0.3, 0.4) is 0 Å². The monoisotopic (exact) mass is 213 g/mol. The lowest BCUT2D eigenvalue weighted by Gasteiger charge is -2.28. The average molecular weight is 213 g/mol. The van der Waals surface area contributed by atoms with E-state index in [1.807, 2.05) is 0 Å². The van der Waals surface area contributed by atoms with E-state index in [4.69, 9.17) is 5.26 Å². The lowest BCUT2D eigenvalue weighted by atomic mass is 9.72. The molecule has 0 saturated heterocycles. The fourth-order valence-electron chi connectivity index (χ4n) is 1.85. The molecular weight excluding hydrogens is 198 g/mol. The summed E-state index contributed by atoms with van der Waals surface area (Å²) in [6.45, 7) is 0. The largest absolute Gasteiger partial charge is 0.298 e. The van der Waals surface area contributed by atoms with E-state index in [1.54, 1.807) is 6.26 Å². The maximum atomic E-state index is 11.6. The molecule has 1 saturated carbocycles. The molecule has 0 aromatic rings. The lowest BCUT2D eigenvalue weighted by Crippen LogP contribution is -2.34. The maximum absolute atomic E-state index is 11.6. The first kappa shape index (κ1) is 11.4. The van der Waals surface area contributed by atoms with Gasteiger partial charge in [-0.15, -0.1) is 0 Å². The van der Waals surface area contributed by atoms with Gasteiger partial charge in [0, 0.05) is 29.2 Å². The van der Waals surface area contributed by atoms with E-state index in [0.29, 0.717) is 25.0 Å². The molecule has 0 amide bonds. The molecule has 1 fully saturated rings. The molecule has 0 spiro atoms. The van der Waals surface area contributed by atoms with Crippen molar-refractivity contribution in [1.29, 1.82) is 5.26 Å². The quantitative estimate of drug-likeness (QED) is 0.712. The van der Waals surface area contributed by atoms with Gasteiger partial charge in [0.05, 0.1) is 6.07 Å². The second-order valence-electron chi connectivity index (χ2n) is 3.85. The van der Waals surface area contributed by atoms with Crippen LogP contribution < -0.4 is 0 Å². The summed E-state index contributed by atoms with van der Waals surface area (Å²) in [4.78, 5) is 11.6. The van der Waals surface area contributed by atoms with Crippen molar-refractivity contribution in [3.63, 3.8) is 0 Å². The number of Topliss-reactive ketones (excluding diaryl/α,β-unsaturated/α-hetero) is 1. The van der Waals surface area contributed by atoms with Crippen molar-refractivity contribution in [2.75, 3.05) is 12.0 Å². The van der Waals surface area contributed by atoms with Crippen LogP contribution >= 0.6 is 0 Å². The predicted octanol–water partition coefficient (Wildman–Crippen LogP) is 1.41. The zero-order valence-corrected chi connectivity index (χ0v) is 9.23. The topological polar surface area (TPSA) is 57.9 Å². The van der Waals surface area contributed by atoms with Gasteiger partial charge in [0.25, 0.3) is 0 Å². The Labute approximate surface area is 86.9 Å². The molecule has 0 aromatic heterocycles. The predicted molar refractivity (Wildman–Crippen MR) is 55.1 cm³/mol.